The lowest BCUT2D eigenvalue weighted by Crippen LogP contribution is -2.26. The van der Waals surface area contributed by atoms with Gasteiger partial charge in [-0.1, -0.05) is 182 Å². The number of para-hydroxylation sites is 3. The highest BCUT2D eigenvalue weighted by molar-refractivity contribution is 6.01. The monoisotopic (exact) mass is 802 g/mol. The molecule has 0 radical (unpaired) electrons. The summed E-state index contributed by atoms with van der Waals surface area (Å²) in [4.78, 5) is 4.78. The Morgan fingerprint density at radius 1 is 0.238 bits per heavy atom. The normalized spacial score (nSPS) is 12.6. The van der Waals surface area contributed by atoms with Crippen molar-refractivity contribution in [1.82, 2.24) is 0 Å². The van der Waals surface area contributed by atoms with Crippen molar-refractivity contribution in [3.63, 3.8) is 0 Å². The molecule has 2 heteroatoms. The van der Waals surface area contributed by atoms with Gasteiger partial charge in [0.25, 0.3) is 0 Å². The Morgan fingerprint density at radius 2 is 0.587 bits per heavy atom. The minimum absolute atomic E-state index is 0.420. The van der Waals surface area contributed by atoms with Gasteiger partial charge in [0.05, 0.1) is 11.1 Å². The first-order chi connectivity index (χ1) is 31.3. The predicted molar refractivity (Wildman–Crippen MR) is 263 cm³/mol. The van der Waals surface area contributed by atoms with Crippen LogP contribution in [0, 0.1) is 0 Å². The third kappa shape index (κ3) is 5.87. The van der Waals surface area contributed by atoms with Crippen molar-refractivity contribution in [2.75, 3.05) is 9.80 Å². The lowest BCUT2D eigenvalue weighted by atomic mass is 9.70. The van der Waals surface area contributed by atoms with Crippen LogP contribution in [0.15, 0.2) is 255 Å². The highest BCUT2D eigenvalue weighted by Crippen LogP contribution is 2.64. The summed E-state index contributed by atoms with van der Waals surface area (Å²) in [5.41, 5.74) is 21.5. The van der Waals surface area contributed by atoms with Crippen molar-refractivity contribution in [2.45, 2.75) is 5.41 Å². The number of benzene rings is 10. The Labute approximate surface area is 369 Å². The second-order valence-electron chi connectivity index (χ2n) is 16.4. The maximum Gasteiger partial charge on any atom is 0.0726 e. The van der Waals surface area contributed by atoms with Crippen molar-refractivity contribution in [2.24, 2.45) is 0 Å². The van der Waals surface area contributed by atoms with E-state index < -0.39 is 5.41 Å². The van der Waals surface area contributed by atoms with Gasteiger partial charge in [0.15, 0.2) is 0 Å². The molecule has 63 heavy (non-hydrogen) atoms. The zero-order valence-electron chi connectivity index (χ0n) is 34.6. The summed E-state index contributed by atoms with van der Waals surface area (Å²) < 4.78 is 0. The number of nitrogens with zero attached hydrogens (tertiary/aromatic N) is 2. The maximum absolute atomic E-state index is 2.46. The third-order valence-electron chi connectivity index (χ3n) is 13.0. The maximum atomic E-state index is 2.46. The molecule has 0 bridgehead atoms. The summed E-state index contributed by atoms with van der Waals surface area (Å²) >= 11 is 0. The number of rotatable bonds is 8. The Balaban J connectivity index is 0.984. The van der Waals surface area contributed by atoms with Crippen molar-refractivity contribution in [3.8, 4) is 44.5 Å². The van der Waals surface area contributed by atoms with E-state index in [1.54, 1.807) is 0 Å². The summed E-state index contributed by atoms with van der Waals surface area (Å²) in [7, 11) is 0. The number of hydrogen-bond donors (Lipinski definition) is 0. The molecule has 2 aliphatic carbocycles. The molecule has 0 unspecified atom stereocenters. The van der Waals surface area contributed by atoms with E-state index in [0.717, 1.165) is 50.8 Å². The molecule has 296 valence electrons. The molecule has 0 amide bonds. The van der Waals surface area contributed by atoms with E-state index in [1.807, 2.05) is 0 Å². The molecule has 0 aromatic heterocycles. The molecule has 0 saturated heterocycles. The summed E-state index contributed by atoms with van der Waals surface area (Å²) in [5.74, 6) is 0. The molecule has 0 fully saturated rings. The van der Waals surface area contributed by atoms with Crippen molar-refractivity contribution < 1.29 is 0 Å². The topological polar surface area (TPSA) is 6.48 Å². The fourth-order valence-corrected chi connectivity index (χ4v) is 10.4. The first-order valence-electron chi connectivity index (χ1n) is 21.8. The molecule has 2 nitrogen and oxygen atoms in total. The smallest absolute Gasteiger partial charge is 0.0726 e. The molecule has 10 aromatic carbocycles. The molecule has 0 atom stereocenters. The Hall–Kier alpha value is -8.20. The van der Waals surface area contributed by atoms with E-state index in [4.69, 9.17) is 0 Å². The molecule has 2 aliphatic rings. The summed E-state index contributed by atoms with van der Waals surface area (Å²) in [6.45, 7) is 0. The van der Waals surface area contributed by atoms with Crippen LogP contribution in [0.5, 0.6) is 0 Å². The lowest BCUT2D eigenvalue weighted by molar-refractivity contribution is 0.794. The zero-order valence-corrected chi connectivity index (χ0v) is 34.6. The predicted octanol–water partition coefficient (Wildman–Crippen LogP) is 16.3. The third-order valence-corrected chi connectivity index (χ3v) is 13.0. The number of anilines is 6. The lowest BCUT2D eigenvalue weighted by Gasteiger charge is -2.32. The fraction of sp³-hybridized carbons (Fsp3) is 0.0164. The summed E-state index contributed by atoms with van der Waals surface area (Å²) in [6.07, 6.45) is 0. The number of hydrogen-bond acceptors (Lipinski definition) is 2. The van der Waals surface area contributed by atoms with Crippen LogP contribution in [0.2, 0.25) is 0 Å². The molecule has 0 saturated carbocycles. The van der Waals surface area contributed by atoms with Crippen LogP contribution in [-0.4, -0.2) is 0 Å². The van der Waals surface area contributed by atoms with Crippen molar-refractivity contribution in [3.05, 3.63) is 277 Å². The molecular formula is C61H42N2. The van der Waals surface area contributed by atoms with Crippen LogP contribution in [0.4, 0.5) is 34.1 Å². The number of fused-ring (bicyclic) bond motifs is 10. The average Bonchev–Trinajstić information content (AvgIpc) is 3.83. The SMILES string of the molecule is c1ccc(N(c2ccccc2)c2cccc(-c3cccc(-c4cccc(N(c5ccccc5)c5cccc6c5-c5ccccc5C65c6ccccc6-c6ccccc65)c4)c3)c2)cc1. The fourth-order valence-electron chi connectivity index (χ4n) is 10.4. The van der Waals surface area contributed by atoms with E-state index in [9.17, 15) is 0 Å². The molecule has 0 N–H and O–H groups in total. The average molecular weight is 803 g/mol. The molecule has 1 spiro atoms. The molecule has 10 aromatic rings. The van der Waals surface area contributed by atoms with Gasteiger partial charge in [0.2, 0.25) is 0 Å². The second-order valence-corrected chi connectivity index (χ2v) is 16.4. The minimum Gasteiger partial charge on any atom is -0.310 e. The van der Waals surface area contributed by atoms with Gasteiger partial charge in [0.1, 0.15) is 0 Å². The first kappa shape index (κ1) is 36.6. The summed E-state index contributed by atoms with van der Waals surface area (Å²) in [6, 6.07) is 93.0. The van der Waals surface area contributed by atoms with Gasteiger partial charge >= 0.3 is 0 Å². The highest BCUT2D eigenvalue weighted by Gasteiger charge is 2.52. The van der Waals surface area contributed by atoms with Crippen LogP contribution in [-0.2, 0) is 5.41 Å². The van der Waals surface area contributed by atoms with E-state index >= 15 is 0 Å². The quantitative estimate of drug-likeness (QED) is 0.151. The van der Waals surface area contributed by atoms with Crippen LogP contribution < -0.4 is 9.80 Å². The summed E-state index contributed by atoms with van der Waals surface area (Å²) in [5, 5.41) is 0. The molecule has 0 heterocycles. The Kier molecular flexibility index (Phi) is 8.76. The van der Waals surface area contributed by atoms with Gasteiger partial charge in [-0.2, -0.15) is 0 Å². The Bertz CT molecular complexity index is 3210. The van der Waals surface area contributed by atoms with Gasteiger partial charge in [-0.3, -0.25) is 0 Å². The first-order valence-corrected chi connectivity index (χ1v) is 21.8. The van der Waals surface area contributed by atoms with Gasteiger partial charge in [-0.25, -0.2) is 0 Å². The van der Waals surface area contributed by atoms with E-state index in [1.165, 1.54) is 50.1 Å². The van der Waals surface area contributed by atoms with Crippen molar-refractivity contribution in [1.29, 1.82) is 0 Å². The van der Waals surface area contributed by atoms with Crippen LogP contribution >= 0.6 is 0 Å². The van der Waals surface area contributed by atoms with Gasteiger partial charge in [-0.05, 0) is 134 Å². The van der Waals surface area contributed by atoms with Gasteiger partial charge in [0, 0.05) is 34.0 Å². The standard InChI is InChI=1S/C61H42N2/c1-4-24-47(25-5-1)62(48-26-6-2-7-27-48)50-30-17-22-45(41-50)43-20-16-21-44(40-43)46-23-18-31-51(42-46)63(49-28-8-3-9-29-49)59-39-19-38-58-60(59)54-34-12-15-37-57(54)61(58)55-35-13-10-32-52(55)53-33-11-14-36-56(53)61/h1-42H. The molecule has 0 aliphatic heterocycles. The van der Waals surface area contributed by atoms with E-state index in [0.29, 0.717) is 0 Å². The Morgan fingerprint density at radius 3 is 1.11 bits per heavy atom. The second kappa shape index (κ2) is 15.1. The van der Waals surface area contributed by atoms with Crippen LogP contribution in [0.3, 0.4) is 0 Å². The van der Waals surface area contributed by atoms with Crippen LogP contribution in [0.25, 0.3) is 44.5 Å². The van der Waals surface area contributed by atoms with Gasteiger partial charge < -0.3 is 9.80 Å². The van der Waals surface area contributed by atoms with E-state index in [-0.39, 0.29) is 0 Å². The van der Waals surface area contributed by atoms with E-state index in [2.05, 4.69) is 265 Å². The van der Waals surface area contributed by atoms with Crippen molar-refractivity contribution >= 4 is 34.1 Å². The molecule has 12 rings (SSSR count). The zero-order chi connectivity index (χ0) is 41.7. The largest absolute Gasteiger partial charge is 0.310 e. The molecular weight excluding hydrogens is 761 g/mol. The van der Waals surface area contributed by atoms with Gasteiger partial charge in [-0.15, -0.1) is 0 Å². The highest BCUT2D eigenvalue weighted by atomic mass is 15.1. The van der Waals surface area contributed by atoms with Crippen LogP contribution in [0.1, 0.15) is 22.3 Å². The minimum atomic E-state index is -0.420.